The molecule has 0 unspecified atom stereocenters. The average Bonchev–Trinajstić information content (AvgIpc) is 3.06. The highest BCUT2D eigenvalue weighted by Crippen LogP contribution is 2.35. The Kier molecular flexibility index (Phi) is 4.90. The van der Waals surface area contributed by atoms with Gasteiger partial charge in [-0.2, -0.15) is 0 Å². The fourth-order valence-electron chi connectivity index (χ4n) is 4.18. The summed E-state index contributed by atoms with van der Waals surface area (Å²) in [6.07, 6.45) is 0.461. The molecule has 6 heteroatoms. The van der Waals surface area contributed by atoms with Gasteiger partial charge in [0.05, 0.1) is 11.3 Å². The lowest BCUT2D eigenvalue weighted by Crippen LogP contribution is -2.27. The van der Waals surface area contributed by atoms with Crippen molar-refractivity contribution in [3.8, 4) is 17.3 Å². The lowest BCUT2D eigenvalue weighted by molar-refractivity contribution is -0.117. The topological polar surface area (TPSA) is 65.3 Å². The highest BCUT2D eigenvalue weighted by atomic mass is 16.5. The van der Waals surface area contributed by atoms with Gasteiger partial charge in [-0.05, 0) is 48.7 Å². The lowest BCUT2D eigenvalue weighted by Gasteiger charge is -2.20. The van der Waals surface area contributed by atoms with Crippen LogP contribution in [0.3, 0.4) is 0 Å². The molecule has 3 aromatic carbocycles. The standard InChI is InChI=1S/C26H23N3O3/c1-17-9-8-10-18(2)24(17)27-23(30)16-28-26-21(15-19-11-6-7-14-22(19)32-26)25(31)29(28)20-12-4-3-5-13-20/h3-14H,15-16H2,1-2H3,(H,27,30). The summed E-state index contributed by atoms with van der Waals surface area (Å²) in [6.45, 7) is 3.86. The summed E-state index contributed by atoms with van der Waals surface area (Å²) in [5.74, 6) is 0.885. The van der Waals surface area contributed by atoms with Crippen molar-refractivity contribution < 1.29 is 9.53 Å². The summed E-state index contributed by atoms with van der Waals surface area (Å²) in [5, 5.41) is 3.01. The number of anilines is 1. The highest BCUT2D eigenvalue weighted by Gasteiger charge is 2.29. The predicted molar refractivity (Wildman–Crippen MR) is 124 cm³/mol. The van der Waals surface area contributed by atoms with Gasteiger partial charge in [0.1, 0.15) is 12.3 Å². The molecule has 0 aliphatic carbocycles. The van der Waals surface area contributed by atoms with Gasteiger partial charge in [0, 0.05) is 12.1 Å². The number of nitrogens with zero attached hydrogens (tertiary/aromatic N) is 2. The first-order valence-corrected chi connectivity index (χ1v) is 10.5. The second-order valence-electron chi connectivity index (χ2n) is 8.00. The summed E-state index contributed by atoms with van der Waals surface area (Å²) in [4.78, 5) is 26.5. The Hall–Kier alpha value is -4.06. The van der Waals surface area contributed by atoms with Gasteiger partial charge in [-0.25, -0.2) is 9.36 Å². The van der Waals surface area contributed by atoms with E-state index in [9.17, 15) is 9.59 Å². The number of ether oxygens (including phenoxy) is 1. The van der Waals surface area contributed by atoms with E-state index in [2.05, 4.69) is 5.32 Å². The van der Waals surface area contributed by atoms with E-state index in [0.717, 1.165) is 22.4 Å². The molecule has 32 heavy (non-hydrogen) atoms. The maximum Gasteiger partial charge on any atom is 0.278 e. The molecular weight excluding hydrogens is 402 g/mol. The zero-order chi connectivity index (χ0) is 22.2. The van der Waals surface area contributed by atoms with Crippen molar-refractivity contribution in [1.29, 1.82) is 0 Å². The van der Waals surface area contributed by atoms with Gasteiger partial charge in [0.15, 0.2) is 0 Å². The fraction of sp³-hybridized carbons (Fsp3) is 0.154. The molecule has 0 spiro atoms. The Morgan fingerprint density at radius 1 is 0.938 bits per heavy atom. The summed E-state index contributed by atoms with van der Waals surface area (Å²) < 4.78 is 9.31. The van der Waals surface area contributed by atoms with Gasteiger partial charge < -0.3 is 10.1 Å². The van der Waals surface area contributed by atoms with E-state index < -0.39 is 0 Å². The summed E-state index contributed by atoms with van der Waals surface area (Å²) in [6, 6.07) is 22.9. The van der Waals surface area contributed by atoms with Crippen molar-refractivity contribution in [2.75, 3.05) is 5.32 Å². The molecular formula is C26H23N3O3. The number of para-hydroxylation sites is 3. The Bertz CT molecular complexity index is 1360. The molecule has 0 saturated heterocycles. The fourth-order valence-corrected chi connectivity index (χ4v) is 4.18. The van der Waals surface area contributed by atoms with Crippen LogP contribution in [0.4, 0.5) is 5.69 Å². The molecule has 0 atom stereocenters. The molecule has 2 heterocycles. The van der Waals surface area contributed by atoms with Crippen molar-refractivity contribution in [2.24, 2.45) is 0 Å². The average molecular weight is 425 g/mol. The maximum atomic E-state index is 13.4. The monoisotopic (exact) mass is 425 g/mol. The molecule has 1 aliphatic rings. The minimum Gasteiger partial charge on any atom is -0.439 e. The van der Waals surface area contributed by atoms with Crippen LogP contribution in [-0.2, 0) is 17.8 Å². The zero-order valence-electron chi connectivity index (χ0n) is 18.0. The van der Waals surface area contributed by atoms with Crippen LogP contribution in [-0.4, -0.2) is 15.3 Å². The van der Waals surface area contributed by atoms with Crippen LogP contribution < -0.4 is 15.6 Å². The highest BCUT2D eigenvalue weighted by molar-refractivity contribution is 5.92. The van der Waals surface area contributed by atoms with E-state index in [1.807, 2.05) is 86.6 Å². The molecule has 1 aliphatic heterocycles. The molecule has 4 aromatic rings. The number of hydrogen-bond donors (Lipinski definition) is 1. The number of aryl methyl sites for hydroxylation is 2. The molecule has 5 rings (SSSR count). The number of carbonyl (C=O) groups is 1. The quantitative estimate of drug-likeness (QED) is 0.458. The smallest absolute Gasteiger partial charge is 0.278 e. The molecule has 1 amide bonds. The van der Waals surface area contributed by atoms with Crippen LogP contribution in [0.2, 0.25) is 0 Å². The maximum absolute atomic E-state index is 13.4. The van der Waals surface area contributed by atoms with E-state index in [4.69, 9.17) is 4.74 Å². The van der Waals surface area contributed by atoms with E-state index >= 15 is 0 Å². The minimum absolute atomic E-state index is 0.0601. The third-order valence-electron chi connectivity index (χ3n) is 5.77. The predicted octanol–water partition coefficient (Wildman–Crippen LogP) is 4.59. The van der Waals surface area contributed by atoms with Crippen molar-refractivity contribution in [1.82, 2.24) is 9.36 Å². The molecule has 0 fully saturated rings. The number of rotatable bonds is 4. The van der Waals surface area contributed by atoms with E-state index in [0.29, 0.717) is 29.3 Å². The van der Waals surface area contributed by atoms with E-state index in [1.54, 1.807) is 4.68 Å². The second kappa shape index (κ2) is 7.89. The summed E-state index contributed by atoms with van der Waals surface area (Å²) in [7, 11) is 0. The third kappa shape index (κ3) is 3.39. The molecule has 160 valence electrons. The van der Waals surface area contributed by atoms with Crippen LogP contribution in [0.1, 0.15) is 22.3 Å². The van der Waals surface area contributed by atoms with Gasteiger partial charge in [0.25, 0.3) is 5.56 Å². The minimum atomic E-state index is -0.229. The van der Waals surface area contributed by atoms with E-state index in [-0.39, 0.29) is 18.0 Å². The Labute approximate surface area is 185 Å². The number of aromatic nitrogens is 2. The zero-order valence-corrected chi connectivity index (χ0v) is 18.0. The Balaban J connectivity index is 1.58. The van der Waals surface area contributed by atoms with Gasteiger partial charge >= 0.3 is 0 Å². The number of carbonyl (C=O) groups excluding carboxylic acids is 1. The van der Waals surface area contributed by atoms with Gasteiger partial charge in [0.2, 0.25) is 11.8 Å². The van der Waals surface area contributed by atoms with Crippen molar-refractivity contribution >= 4 is 11.6 Å². The molecule has 0 saturated carbocycles. The van der Waals surface area contributed by atoms with Gasteiger partial charge in [-0.15, -0.1) is 0 Å². The van der Waals surface area contributed by atoms with Crippen molar-refractivity contribution in [3.63, 3.8) is 0 Å². The lowest BCUT2D eigenvalue weighted by atomic mass is 10.0. The first kappa shape index (κ1) is 19.9. The largest absolute Gasteiger partial charge is 0.439 e. The first-order valence-electron chi connectivity index (χ1n) is 10.5. The molecule has 0 bridgehead atoms. The summed E-state index contributed by atoms with van der Waals surface area (Å²) in [5.41, 5.74) is 4.76. The number of benzene rings is 3. The first-order chi connectivity index (χ1) is 15.5. The van der Waals surface area contributed by atoms with Gasteiger partial charge in [-0.1, -0.05) is 54.6 Å². The van der Waals surface area contributed by atoms with Crippen molar-refractivity contribution in [2.45, 2.75) is 26.8 Å². The van der Waals surface area contributed by atoms with Crippen LogP contribution in [0.15, 0.2) is 77.6 Å². The number of nitrogens with one attached hydrogen (secondary N) is 1. The number of hydrogen-bond acceptors (Lipinski definition) is 3. The van der Waals surface area contributed by atoms with E-state index in [1.165, 1.54) is 4.68 Å². The molecule has 0 radical (unpaired) electrons. The number of amides is 1. The second-order valence-corrected chi connectivity index (χ2v) is 8.00. The van der Waals surface area contributed by atoms with Crippen LogP contribution in [0.5, 0.6) is 11.6 Å². The van der Waals surface area contributed by atoms with Crippen molar-refractivity contribution in [3.05, 3.63) is 105 Å². The Morgan fingerprint density at radius 3 is 2.38 bits per heavy atom. The summed E-state index contributed by atoms with van der Waals surface area (Å²) >= 11 is 0. The molecule has 1 N–H and O–H groups in total. The SMILES string of the molecule is Cc1cccc(C)c1NC(=O)Cn1c2c(c(=O)n1-c1ccccc1)Cc1ccccc1O2. The molecule has 1 aromatic heterocycles. The van der Waals surface area contributed by atoms with Crippen LogP contribution in [0, 0.1) is 13.8 Å². The number of fused-ring (bicyclic) bond motifs is 2. The Morgan fingerprint density at radius 2 is 1.62 bits per heavy atom. The molecule has 6 nitrogen and oxygen atoms in total. The normalized spacial score (nSPS) is 11.9. The van der Waals surface area contributed by atoms with Gasteiger partial charge in [-0.3, -0.25) is 9.59 Å². The van der Waals surface area contributed by atoms with Crippen LogP contribution in [0.25, 0.3) is 5.69 Å². The third-order valence-corrected chi connectivity index (χ3v) is 5.77. The van der Waals surface area contributed by atoms with Crippen LogP contribution >= 0.6 is 0 Å².